The van der Waals surface area contributed by atoms with E-state index in [4.69, 9.17) is 4.98 Å². The summed E-state index contributed by atoms with van der Waals surface area (Å²) in [6, 6.07) is 14.1. The monoisotopic (exact) mass is 363 g/mol. The summed E-state index contributed by atoms with van der Waals surface area (Å²) in [6.07, 6.45) is 4.83. The highest BCUT2D eigenvalue weighted by molar-refractivity contribution is 5.95. The van der Waals surface area contributed by atoms with E-state index in [1.165, 1.54) is 19.3 Å². The first-order valence-electron chi connectivity index (χ1n) is 9.89. The van der Waals surface area contributed by atoms with Crippen molar-refractivity contribution in [1.82, 2.24) is 14.9 Å². The summed E-state index contributed by atoms with van der Waals surface area (Å²) >= 11 is 0. The molecule has 1 N–H and O–H groups in total. The van der Waals surface area contributed by atoms with Crippen LogP contribution in [0.4, 0.5) is 0 Å². The largest absolute Gasteiger partial charge is 0.345 e. The van der Waals surface area contributed by atoms with Crippen LogP contribution in [-0.4, -0.2) is 15.5 Å². The fraction of sp³-hybridized carbons (Fsp3) is 0.391. The van der Waals surface area contributed by atoms with Crippen molar-refractivity contribution in [1.29, 1.82) is 0 Å². The number of benzene rings is 2. The second-order valence-corrected chi connectivity index (χ2v) is 7.23. The van der Waals surface area contributed by atoms with Gasteiger partial charge >= 0.3 is 0 Å². The number of nitrogens with one attached hydrogen (secondary N) is 1. The third-order valence-corrected chi connectivity index (χ3v) is 5.00. The standard InChI is InChI=1S/C23H29N3O/c1-4-5-6-9-14-26-21-11-8-7-10-20(21)25-22(26)16-24-23(27)19-13-12-17(2)15-18(19)3/h7-8,10-13,15H,4-6,9,14,16H2,1-3H3,(H,24,27). The average molecular weight is 364 g/mol. The van der Waals surface area contributed by atoms with Gasteiger partial charge in [0.1, 0.15) is 5.82 Å². The van der Waals surface area contributed by atoms with Gasteiger partial charge in [-0.3, -0.25) is 4.79 Å². The van der Waals surface area contributed by atoms with Crippen LogP contribution in [0.25, 0.3) is 11.0 Å². The Morgan fingerprint density at radius 1 is 1.07 bits per heavy atom. The van der Waals surface area contributed by atoms with Gasteiger partial charge in [-0.1, -0.05) is 56.0 Å². The number of unbranched alkanes of at least 4 members (excludes halogenated alkanes) is 3. The molecule has 1 amide bonds. The second-order valence-electron chi connectivity index (χ2n) is 7.23. The molecule has 3 rings (SSSR count). The van der Waals surface area contributed by atoms with Crippen LogP contribution in [-0.2, 0) is 13.1 Å². The first-order chi connectivity index (χ1) is 13.1. The summed E-state index contributed by atoms with van der Waals surface area (Å²) < 4.78 is 2.26. The summed E-state index contributed by atoms with van der Waals surface area (Å²) in [5.41, 5.74) is 5.03. The SMILES string of the molecule is CCCCCCn1c(CNC(=O)c2ccc(C)cc2C)nc2ccccc21. The quantitative estimate of drug-likeness (QED) is 0.562. The molecule has 1 heterocycles. The highest BCUT2D eigenvalue weighted by atomic mass is 16.1. The van der Waals surface area contributed by atoms with E-state index in [1.807, 2.05) is 50.2 Å². The number of carbonyl (C=O) groups is 1. The van der Waals surface area contributed by atoms with E-state index in [0.717, 1.165) is 46.5 Å². The molecule has 4 heteroatoms. The van der Waals surface area contributed by atoms with Crippen LogP contribution in [0, 0.1) is 13.8 Å². The van der Waals surface area contributed by atoms with Crippen LogP contribution in [0.15, 0.2) is 42.5 Å². The molecule has 0 saturated heterocycles. The van der Waals surface area contributed by atoms with Gasteiger partial charge in [0, 0.05) is 12.1 Å². The van der Waals surface area contributed by atoms with Gasteiger partial charge in [-0.25, -0.2) is 4.98 Å². The number of para-hydroxylation sites is 2. The van der Waals surface area contributed by atoms with E-state index in [1.54, 1.807) is 0 Å². The predicted molar refractivity (Wildman–Crippen MR) is 111 cm³/mol. The van der Waals surface area contributed by atoms with Crippen molar-refractivity contribution in [2.45, 2.75) is 59.5 Å². The number of hydrogen-bond donors (Lipinski definition) is 1. The van der Waals surface area contributed by atoms with Crippen molar-refractivity contribution in [2.24, 2.45) is 0 Å². The van der Waals surface area contributed by atoms with Crippen molar-refractivity contribution in [3.63, 3.8) is 0 Å². The lowest BCUT2D eigenvalue weighted by Gasteiger charge is -2.11. The molecule has 0 saturated carbocycles. The van der Waals surface area contributed by atoms with Crippen molar-refractivity contribution in [3.8, 4) is 0 Å². The molecule has 0 unspecified atom stereocenters. The van der Waals surface area contributed by atoms with Crippen molar-refractivity contribution < 1.29 is 4.79 Å². The van der Waals surface area contributed by atoms with Gasteiger partial charge in [0.05, 0.1) is 17.6 Å². The van der Waals surface area contributed by atoms with Crippen LogP contribution in [0.5, 0.6) is 0 Å². The van der Waals surface area contributed by atoms with Crippen LogP contribution in [0.3, 0.4) is 0 Å². The maximum atomic E-state index is 12.6. The number of rotatable bonds is 8. The molecule has 0 bridgehead atoms. The molecule has 0 aliphatic rings. The van der Waals surface area contributed by atoms with E-state index in [0.29, 0.717) is 6.54 Å². The summed E-state index contributed by atoms with van der Waals surface area (Å²) in [4.78, 5) is 17.4. The topological polar surface area (TPSA) is 46.9 Å². The summed E-state index contributed by atoms with van der Waals surface area (Å²) in [6.45, 7) is 7.62. The Morgan fingerprint density at radius 3 is 2.67 bits per heavy atom. The number of hydrogen-bond acceptors (Lipinski definition) is 2. The van der Waals surface area contributed by atoms with Crippen LogP contribution in [0.1, 0.15) is 59.9 Å². The normalized spacial score (nSPS) is 11.1. The lowest BCUT2D eigenvalue weighted by molar-refractivity contribution is 0.0949. The summed E-state index contributed by atoms with van der Waals surface area (Å²) in [7, 11) is 0. The number of carbonyl (C=O) groups excluding carboxylic acids is 1. The molecular weight excluding hydrogens is 334 g/mol. The lowest BCUT2D eigenvalue weighted by atomic mass is 10.1. The Kier molecular flexibility index (Phi) is 6.28. The molecule has 27 heavy (non-hydrogen) atoms. The minimum absolute atomic E-state index is 0.0444. The maximum Gasteiger partial charge on any atom is 0.251 e. The Morgan fingerprint density at radius 2 is 1.89 bits per heavy atom. The first kappa shape index (κ1) is 19.2. The van der Waals surface area contributed by atoms with Gasteiger partial charge < -0.3 is 9.88 Å². The zero-order valence-corrected chi connectivity index (χ0v) is 16.6. The van der Waals surface area contributed by atoms with Crippen molar-refractivity contribution in [2.75, 3.05) is 0 Å². The highest BCUT2D eigenvalue weighted by Gasteiger charge is 2.13. The van der Waals surface area contributed by atoms with Gasteiger partial charge in [-0.05, 0) is 44.0 Å². The summed E-state index contributed by atoms with van der Waals surface area (Å²) in [5.74, 6) is 0.878. The predicted octanol–water partition coefficient (Wildman–Crippen LogP) is 5.16. The molecule has 0 spiro atoms. The van der Waals surface area contributed by atoms with Gasteiger partial charge in [-0.15, -0.1) is 0 Å². The van der Waals surface area contributed by atoms with Crippen molar-refractivity contribution >= 4 is 16.9 Å². The van der Waals surface area contributed by atoms with Gasteiger partial charge in [0.25, 0.3) is 5.91 Å². The Labute approximate surface area is 161 Å². The zero-order valence-electron chi connectivity index (χ0n) is 16.6. The molecule has 4 nitrogen and oxygen atoms in total. The number of amides is 1. The molecule has 0 aliphatic heterocycles. The average Bonchev–Trinajstić information content (AvgIpc) is 3.01. The highest BCUT2D eigenvalue weighted by Crippen LogP contribution is 2.18. The molecular formula is C23H29N3O. The molecule has 142 valence electrons. The van der Waals surface area contributed by atoms with Crippen molar-refractivity contribution in [3.05, 3.63) is 65.0 Å². The van der Waals surface area contributed by atoms with E-state index < -0.39 is 0 Å². The number of fused-ring (bicyclic) bond motifs is 1. The number of nitrogens with zero attached hydrogens (tertiary/aromatic N) is 2. The fourth-order valence-electron chi connectivity index (χ4n) is 3.53. The van der Waals surface area contributed by atoms with Crippen LogP contribution in [0.2, 0.25) is 0 Å². The fourth-order valence-corrected chi connectivity index (χ4v) is 3.53. The van der Waals surface area contributed by atoms with Gasteiger partial charge in [0.15, 0.2) is 0 Å². The molecule has 0 radical (unpaired) electrons. The Bertz CT molecular complexity index is 927. The Hall–Kier alpha value is -2.62. The first-order valence-corrected chi connectivity index (χ1v) is 9.89. The third kappa shape index (κ3) is 4.57. The number of aromatic nitrogens is 2. The lowest BCUT2D eigenvalue weighted by Crippen LogP contribution is -2.25. The summed E-state index contributed by atoms with van der Waals surface area (Å²) in [5, 5.41) is 3.06. The van der Waals surface area contributed by atoms with Crippen LogP contribution >= 0.6 is 0 Å². The smallest absolute Gasteiger partial charge is 0.251 e. The molecule has 1 aromatic heterocycles. The maximum absolute atomic E-state index is 12.6. The van der Waals surface area contributed by atoms with E-state index in [2.05, 4.69) is 22.9 Å². The zero-order chi connectivity index (χ0) is 19.2. The van der Waals surface area contributed by atoms with E-state index in [-0.39, 0.29) is 5.91 Å². The molecule has 0 aliphatic carbocycles. The van der Waals surface area contributed by atoms with Gasteiger partial charge in [0.2, 0.25) is 0 Å². The minimum atomic E-state index is -0.0444. The molecule has 0 atom stereocenters. The van der Waals surface area contributed by atoms with Gasteiger partial charge in [-0.2, -0.15) is 0 Å². The molecule has 3 aromatic rings. The second kappa shape index (κ2) is 8.85. The van der Waals surface area contributed by atoms with E-state index >= 15 is 0 Å². The molecule has 2 aromatic carbocycles. The minimum Gasteiger partial charge on any atom is -0.345 e. The van der Waals surface area contributed by atoms with E-state index in [9.17, 15) is 4.79 Å². The molecule has 0 fully saturated rings. The third-order valence-electron chi connectivity index (χ3n) is 5.00. The Balaban J connectivity index is 1.76. The number of aryl methyl sites for hydroxylation is 3. The number of imidazole rings is 1. The van der Waals surface area contributed by atoms with Crippen LogP contribution < -0.4 is 5.32 Å².